The monoisotopic (exact) mass is 245 g/mol. The number of nitrogens with one attached hydrogen (secondary N) is 1. The van der Waals surface area contributed by atoms with Crippen LogP contribution in [0, 0.1) is 10.8 Å². The number of Topliss-reactive ketones (excluding diaryl/α,β-unsaturated/α-hetero) is 1. The predicted octanol–water partition coefficient (Wildman–Crippen LogP) is 2.94. The smallest absolute Gasteiger partial charge is 0.162 e. The van der Waals surface area contributed by atoms with Crippen molar-refractivity contribution in [2.24, 2.45) is 21.1 Å². The van der Waals surface area contributed by atoms with Gasteiger partial charge in [0, 0.05) is 28.7 Å². The van der Waals surface area contributed by atoms with Crippen LogP contribution in [-0.4, -0.2) is 12.3 Å². The van der Waals surface area contributed by atoms with Crippen molar-refractivity contribution in [2.45, 2.75) is 40.5 Å². The highest BCUT2D eigenvalue weighted by Gasteiger charge is 2.45. The quantitative estimate of drug-likeness (QED) is 0.713. The van der Waals surface area contributed by atoms with Crippen molar-refractivity contribution < 1.29 is 4.79 Å². The maximum absolute atomic E-state index is 12.5. The zero-order valence-corrected chi connectivity index (χ0v) is 11.4. The maximum Gasteiger partial charge on any atom is 0.162 e. The van der Waals surface area contributed by atoms with Crippen molar-refractivity contribution in [3.05, 3.63) is 22.7 Å². The number of carbonyl (C=O) groups is 1. The summed E-state index contributed by atoms with van der Waals surface area (Å²) in [5.74, 6) is 1.14. The number of hydrogen-bond acceptors (Lipinski definition) is 4. The summed E-state index contributed by atoms with van der Waals surface area (Å²) in [5, 5.41) is 11.6. The fourth-order valence-electron chi connectivity index (χ4n) is 3.35. The highest BCUT2D eigenvalue weighted by Crippen LogP contribution is 2.49. The first-order chi connectivity index (χ1) is 8.31. The Labute approximate surface area is 107 Å². The molecule has 1 aliphatic carbocycles. The molecule has 0 radical (unpaired) electrons. The number of hydrogen-bond donors (Lipinski definition) is 1. The minimum Gasteiger partial charge on any atom is -0.342 e. The molecule has 0 saturated heterocycles. The van der Waals surface area contributed by atoms with Gasteiger partial charge in [0.1, 0.15) is 0 Å². The number of ketones is 1. The molecule has 4 heteroatoms. The topological polar surface area (TPSA) is 53.8 Å². The molecule has 0 aromatic heterocycles. The average molecular weight is 245 g/mol. The van der Waals surface area contributed by atoms with Crippen LogP contribution in [0.2, 0.25) is 0 Å². The molecule has 3 aliphatic rings. The molecule has 0 amide bonds. The van der Waals surface area contributed by atoms with Crippen molar-refractivity contribution >= 4 is 5.78 Å². The number of rotatable bonds is 0. The molecule has 0 saturated carbocycles. The van der Waals surface area contributed by atoms with Crippen molar-refractivity contribution in [2.75, 3.05) is 6.54 Å². The van der Waals surface area contributed by atoms with Crippen LogP contribution in [0.3, 0.4) is 0 Å². The van der Waals surface area contributed by atoms with E-state index in [2.05, 4.69) is 43.2 Å². The van der Waals surface area contributed by atoms with E-state index in [1.54, 1.807) is 0 Å². The Morgan fingerprint density at radius 2 is 1.89 bits per heavy atom. The van der Waals surface area contributed by atoms with Gasteiger partial charge in [-0.3, -0.25) is 4.79 Å². The molecule has 96 valence electrons. The highest BCUT2D eigenvalue weighted by atomic mass is 16.1. The van der Waals surface area contributed by atoms with Crippen LogP contribution >= 0.6 is 0 Å². The normalized spacial score (nSPS) is 28.1. The first kappa shape index (κ1) is 11.6. The summed E-state index contributed by atoms with van der Waals surface area (Å²) in [4.78, 5) is 12.5. The Bertz CT molecular complexity index is 535. The number of allylic oxidation sites excluding steroid dienone is 2. The van der Waals surface area contributed by atoms with Crippen molar-refractivity contribution in [3.8, 4) is 0 Å². The molecule has 1 N–H and O–H groups in total. The zero-order chi connectivity index (χ0) is 13.1. The number of nitrogens with zero attached hydrogens (tertiary/aromatic N) is 2. The minimum absolute atomic E-state index is 0.0345. The van der Waals surface area contributed by atoms with E-state index in [0.29, 0.717) is 13.0 Å². The largest absolute Gasteiger partial charge is 0.342 e. The third-order valence-corrected chi connectivity index (χ3v) is 4.21. The van der Waals surface area contributed by atoms with Crippen LogP contribution in [0.5, 0.6) is 0 Å². The van der Waals surface area contributed by atoms with Gasteiger partial charge in [0.05, 0.1) is 6.54 Å². The lowest BCUT2D eigenvalue weighted by atomic mass is 9.65. The summed E-state index contributed by atoms with van der Waals surface area (Å²) in [5.41, 5.74) is 2.96. The summed E-state index contributed by atoms with van der Waals surface area (Å²) in [6.07, 6.45) is 1.54. The Kier molecular flexibility index (Phi) is 2.14. The lowest BCUT2D eigenvalue weighted by molar-refractivity contribution is -0.119. The first-order valence-electron chi connectivity index (χ1n) is 6.46. The summed E-state index contributed by atoms with van der Waals surface area (Å²) >= 11 is 0. The van der Waals surface area contributed by atoms with E-state index >= 15 is 0 Å². The van der Waals surface area contributed by atoms with Gasteiger partial charge in [-0.05, 0) is 11.8 Å². The number of dihydropyridines is 1. The molecule has 0 aromatic carbocycles. The SMILES string of the molecule is CC1(C)CC(=O)C2=C(C1)NC1=C(CN=N1)C2(C)C. The molecule has 2 aliphatic heterocycles. The maximum atomic E-state index is 12.5. The van der Waals surface area contributed by atoms with Gasteiger partial charge in [-0.25, -0.2) is 0 Å². The van der Waals surface area contributed by atoms with E-state index in [-0.39, 0.29) is 16.6 Å². The molecular weight excluding hydrogens is 226 g/mol. The summed E-state index contributed by atoms with van der Waals surface area (Å²) < 4.78 is 0. The highest BCUT2D eigenvalue weighted by molar-refractivity contribution is 5.99. The lowest BCUT2D eigenvalue weighted by Gasteiger charge is -2.41. The summed E-state index contributed by atoms with van der Waals surface area (Å²) in [7, 11) is 0. The van der Waals surface area contributed by atoms with E-state index in [1.165, 1.54) is 0 Å². The van der Waals surface area contributed by atoms with Gasteiger partial charge in [-0.1, -0.05) is 27.7 Å². The van der Waals surface area contributed by atoms with E-state index in [9.17, 15) is 4.79 Å². The molecule has 2 heterocycles. The van der Waals surface area contributed by atoms with Gasteiger partial charge in [0.15, 0.2) is 11.6 Å². The molecule has 0 unspecified atom stereocenters. The van der Waals surface area contributed by atoms with E-state index in [1.807, 2.05) is 0 Å². The second-order valence-electron chi connectivity index (χ2n) is 6.77. The van der Waals surface area contributed by atoms with Crippen LogP contribution in [0.15, 0.2) is 32.9 Å². The fourth-order valence-corrected chi connectivity index (χ4v) is 3.35. The average Bonchev–Trinajstić information content (AvgIpc) is 2.62. The van der Waals surface area contributed by atoms with Crippen LogP contribution in [0.1, 0.15) is 40.5 Å². The number of carbonyl (C=O) groups excluding carboxylic acids is 1. The van der Waals surface area contributed by atoms with Crippen LogP contribution in [0.25, 0.3) is 0 Å². The Morgan fingerprint density at radius 3 is 2.61 bits per heavy atom. The standard InChI is InChI=1S/C14H19N3O/c1-13(2)5-9-11(10(18)6-13)14(3,4)8-7-15-17-12(8)16-9/h16H,5-7H2,1-4H3. The third-order valence-electron chi connectivity index (χ3n) is 4.21. The first-order valence-corrected chi connectivity index (χ1v) is 6.46. The van der Waals surface area contributed by atoms with Crippen LogP contribution in [0.4, 0.5) is 0 Å². The fraction of sp³-hybridized carbons (Fsp3) is 0.643. The van der Waals surface area contributed by atoms with Gasteiger partial charge >= 0.3 is 0 Å². The second-order valence-corrected chi connectivity index (χ2v) is 6.77. The summed E-state index contributed by atoms with van der Waals surface area (Å²) in [6, 6.07) is 0. The molecule has 0 aromatic rings. The molecule has 18 heavy (non-hydrogen) atoms. The molecule has 0 fully saturated rings. The summed E-state index contributed by atoms with van der Waals surface area (Å²) in [6.45, 7) is 9.13. The number of azo groups is 1. The predicted molar refractivity (Wildman–Crippen MR) is 68.7 cm³/mol. The Hall–Kier alpha value is -1.45. The third kappa shape index (κ3) is 1.48. The van der Waals surface area contributed by atoms with Gasteiger partial charge in [-0.15, -0.1) is 5.11 Å². The minimum atomic E-state index is -0.229. The second kappa shape index (κ2) is 3.31. The van der Waals surface area contributed by atoms with Crippen molar-refractivity contribution in [1.29, 1.82) is 0 Å². The molecule has 0 bridgehead atoms. The van der Waals surface area contributed by atoms with Crippen LogP contribution in [-0.2, 0) is 4.79 Å². The van der Waals surface area contributed by atoms with E-state index < -0.39 is 0 Å². The molecule has 4 nitrogen and oxygen atoms in total. The van der Waals surface area contributed by atoms with Crippen LogP contribution < -0.4 is 5.32 Å². The zero-order valence-electron chi connectivity index (χ0n) is 11.4. The van der Waals surface area contributed by atoms with Gasteiger partial charge in [0.25, 0.3) is 0 Å². The van der Waals surface area contributed by atoms with E-state index in [4.69, 9.17) is 0 Å². The lowest BCUT2D eigenvalue weighted by Crippen LogP contribution is -2.41. The van der Waals surface area contributed by atoms with Gasteiger partial charge in [0.2, 0.25) is 0 Å². The molecule has 0 atom stereocenters. The van der Waals surface area contributed by atoms with Crippen molar-refractivity contribution in [3.63, 3.8) is 0 Å². The van der Waals surface area contributed by atoms with Crippen molar-refractivity contribution in [1.82, 2.24) is 5.32 Å². The van der Waals surface area contributed by atoms with Gasteiger partial charge < -0.3 is 5.32 Å². The molecular formula is C14H19N3O. The molecule has 0 spiro atoms. The Morgan fingerprint density at radius 1 is 1.17 bits per heavy atom. The van der Waals surface area contributed by atoms with Gasteiger partial charge in [-0.2, -0.15) is 5.11 Å². The Balaban J connectivity index is 2.10. The van der Waals surface area contributed by atoms with E-state index in [0.717, 1.165) is 29.1 Å². The molecule has 3 rings (SSSR count).